The molecular formula is C27H40N4O2S. The number of nitrogens with one attached hydrogen (secondary N) is 1. The number of aryl methyl sites for hydroxylation is 1. The molecule has 34 heavy (non-hydrogen) atoms. The van der Waals surface area contributed by atoms with Crippen molar-refractivity contribution in [1.82, 2.24) is 19.7 Å². The molecule has 2 amide bonds. The third-order valence-electron chi connectivity index (χ3n) is 8.25. The average molecular weight is 485 g/mol. The van der Waals surface area contributed by atoms with Crippen LogP contribution in [0.5, 0.6) is 0 Å². The molecule has 0 aromatic carbocycles. The van der Waals surface area contributed by atoms with Crippen molar-refractivity contribution in [3.05, 3.63) is 22.7 Å². The van der Waals surface area contributed by atoms with Crippen molar-refractivity contribution in [3.63, 3.8) is 0 Å². The molecule has 4 heterocycles. The number of aromatic nitrogens is 1. The molecule has 7 heteroatoms. The molecule has 186 valence electrons. The van der Waals surface area contributed by atoms with Crippen LogP contribution in [0.15, 0.2) is 12.1 Å². The summed E-state index contributed by atoms with van der Waals surface area (Å²) in [6, 6.07) is 4.49. The lowest BCUT2D eigenvalue weighted by molar-refractivity contribution is -0.133. The van der Waals surface area contributed by atoms with Gasteiger partial charge in [-0.25, -0.2) is 0 Å². The molecule has 2 aromatic heterocycles. The highest BCUT2D eigenvalue weighted by atomic mass is 32.1. The van der Waals surface area contributed by atoms with E-state index >= 15 is 0 Å². The SMILES string of the molecule is CCc1cc2c(cc3n2C[C@](C)(C(=O)NC2CCCCCC2)N(CCCN2CCCC2)C3=O)s1. The summed E-state index contributed by atoms with van der Waals surface area (Å²) >= 11 is 1.77. The fourth-order valence-electron chi connectivity index (χ4n) is 6.14. The first-order chi connectivity index (χ1) is 16.5. The van der Waals surface area contributed by atoms with Crippen LogP contribution in [0.25, 0.3) is 10.2 Å². The van der Waals surface area contributed by atoms with Gasteiger partial charge in [0.25, 0.3) is 5.91 Å². The van der Waals surface area contributed by atoms with Gasteiger partial charge >= 0.3 is 0 Å². The number of rotatable bonds is 7. The number of fused-ring (bicyclic) bond motifs is 3. The minimum absolute atomic E-state index is 0.00707. The molecule has 6 nitrogen and oxygen atoms in total. The van der Waals surface area contributed by atoms with Crippen molar-refractivity contribution >= 4 is 33.4 Å². The van der Waals surface area contributed by atoms with Crippen LogP contribution in [-0.2, 0) is 17.8 Å². The second kappa shape index (κ2) is 10.0. The van der Waals surface area contributed by atoms with Gasteiger partial charge in [0.1, 0.15) is 11.2 Å². The Hall–Kier alpha value is -1.86. The summed E-state index contributed by atoms with van der Waals surface area (Å²) < 4.78 is 3.28. The van der Waals surface area contributed by atoms with Gasteiger partial charge in [-0.3, -0.25) is 9.59 Å². The molecule has 1 N–H and O–H groups in total. The predicted octanol–water partition coefficient (Wildman–Crippen LogP) is 4.80. The first-order valence-corrected chi connectivity index (χ1v) is 14.3. The maximum atomic E-state index is 13.9. The predicted molar refractivity (Wildman–Crippen MR) is 139 cm³/mol. The summed E-state index contributed by atoms with van der Waals surface area (Å²) in [5.41, 5.74) is 0.974. The van der Waals surface area contributed by atoms with E-state index in [1.54, 1.807) is 11.3 Å². The van der Waals surface area contributed by atoms with Crippen LogP contribution in [0.1, 0.15) is 87.0 Å². The van der Waals surface area contributed by atoms with Gasteiger partial charge in [0, 0.05) is 17.5 Å². The van der Waals surface area contributed by atoms with Gasteiger partial charge in [-0.15, -0.1) is 11.3 Å². The molecule has 2 fully saturated rings. The molecule has 2 aliphatic heterocycles. The Morgan fingerprint density at radius 3 is 2.53 bits per heavy atom. The number of likely N-dealkylation sites (tertiary alicyclic amines) is 1. The lowest BCUT2D eigenvalue weighted by Gasteiger charge is -2.45. The molecule has 1 saturated carbocycles. The molecule has 0 radical (unpaired) electrons. The highest BCUT2D eigenvalue weighted by Crippen LogP contribution is 2.36. The molecular weight excluding hydrogens is 444 g/mol. The Labute approximate surface area is 207 Å². The smallest absolute Gasteiger partial charge is 0.271 e. The zero-order chi connectivity index (χ0) is 23.7. The molecule has 1 aliphatic carbocycles. The van der Waals surface area contributed by atoms with E-state index in [2.05, 4.69) is 33.8 Å². The zero-order valence-electron chi connectivity index (χ0n) is 20.9. The Balaban J connectivity index is 1.42. The van der Waals surface area contributed by atoms with Crippen molar-refractivity contribution in [2.24, 2.45) is 0 Å². The van der Waals surface area contributed by atoms with E-state index in [0.29, 0.717) is 13.1 Å². The van der Waals surface area contributed by atoms with Crippen LogP contribution < -0.4 is 5.32 Å². The van der Waals surface area contributed by atoms with Crippen LogP contribution >= 0.6 is 11.3 Å². The van der Waals surface area contributed by atoms with Gasteiger partial charge < -0.3 is 19.7 Å². The fraction of sp³-hybridized carbons (Fsp3) is 0.704. The summed E-state index contributed by atoms with van der Waals surface area (Å²) in [6.45, 7) is 8.63. The van der Waals surface area contributed by atoms with Crippen molar-refractivity contribution in [1.29, 1.82) is 0 Å². The summed E-state index contributed by atoms with van der Waals surface area (Å²) in [6.07, 6.45) is 11.4. The van der Waals surface area contributed by atoms with Crippen molar-refractivity contribution < 1.29 is 9.59 Å². The molecule has 0 spiro atoms. The summed E-state index contributed by atoms with van der Waals surface area (Å²) in [7, 11) is 0. The monoisotopic (exact) mass is 484 g/mol. The topological polar surface area (TPSA) is 57.6 Å². The van der Waals surface area contributed by atoms with Crippen molar-refractivity contribution in [2.45, 2.75) is 96.2 Å². The van der Waals surface area contributed by atoms with Gasteiger partial charge in [0.15, 0.2) is 0 Å². The number of hydrogen-bond acceptors (Lipinski definition) is 4. The molecule has 1 saturated heterocycles. The first-order valence-electron chi connectivity index (χ1n) is 13.5. The van der Waals surface area contributed by atoms with Crippen LogP contribution in [0.3, 0.4) is 0 Å². The average Bonchev–Trinajstić information content (AvgIpc) is 3.50. The number of carbonyl (C=O) groups excluding carboxylic acids is 2. The van der Waals surface area contributed by atoms with E-state index in [-0.39, 0.29) is 17.9 Å². The van der Waals surface area contributed by atoms with Gasteiger partial charge in [0.05, 0.1) is 16.8 Å². The minimum Gasteiger partial charge on any atom is -0.351 e. The number of amides is 2. The van der Waals surface area contributed by atoms with Crippen LogP contribution in [-0.4, -0.2) is 63.9 Å². The standard InChI is InChI=1S/C27H40N4O2S/c1-3-21-17-22-24(34-21)18-23-25(32)31(16-10-15-29-13-8-9-14-29)27(2,19-30(22)23)26(33)28-20-11-6-4-5-7-12-20/h17-18,20H,3-16,19H2,1-2H3,(H,28,33)/t27-/m1/s1. The molecule has 0 bridgehead atoms. The largest absolute Gasteiger partial charge is 0.351 e. The third-order valence-corrected chi connectivity index (χ3v) is 9.46. The molecule has 0 unspecified atom stereocenters. The van der Waals surface area contributed by atoms with Gasteiger partial charge in [-0.2, -0.15) is 0 Å². The van der Waals surface area contributed by atoms with E-state index in [0.717, 1.165) is 61.2 Å². The lowest BCUT2D eigenvalue weighted by Crippen LogP contribution is -2.65. The summed E-state index contributed by atoms with van der Waals surface area (Å²) in [5.74, 6) is 0.0278. The zero-order valence-corrected chi connectivity index (χ0v) is 21.7. The maximum Gasteiger partial charge on any atom is 0.271 e. The van der Waals surface area contributed by atoms with E-state index in [4.69, 9.17) is 0 Å². The number of nitrogens with zero attached hydrogens (tertiary/aromatic N) is 3. The number of thiophene rings is 1. The molecule has 5 rings (SSSR count). The molecule has 2 aromatic rings. The molecule has 3 aliphatic rings. The number of hydrogen-bond donors (Lipinski definition) is 1. The van der Waals surface area contributed by atoms with Gasteiger partial charge in [-0.05, 0) is 77.2 Å². The highest BCUT2D eigenvalue weighted by Gasteiger charge is 2.48. The summed E-state index contributed by atoms with van der Waals surface area (Å²) in [5, 5.41) is 3.38. The lowest BCUT2D eigenvalue weighted by atomic mass is 9.93. The molecule has 1 atom stereocenters. The fourth-order valence-corrected chi connectivity index (χ4v) is 7.18. The second-order valence-corrected chi connectivity index (χ2v) is 11.9. The second-order valence-electron chi connectivity index (χ2n) is 10.7. The Morgan fingerprint density at radius 2 is 1.82 bits per heavy atom. The maximum absolute atomic E-state index is 13.9. The van der Waals surface area contributed by atoms with E-state index < -0.39 is 5.54 Å². The van der Waals surface area contributed by atoms with Gasteiger partial charge in [0.2, 0.25) is 5.91 Å². The first kappa shape index (κ1) is 23.9. The Morgan fingerprint density at radius 1 is 1.09 bits per heavy atom. The summed E-state index contributed by atoms with van der Waals surface area (Å²) in [4.78, 5) is 33.4. The quantitative estimate of drug-likeness (QED) is 0.574. The number of carbonyl (C=O) groups is 2. The highest BCUT2D eigenvalue weighted by molar-refractivity contribution is 7.19. The Bertz CT molecular complexity index is 1030. The van der Waals surface area contributed by atoms with E-state index in [1.165, 1.54) is 43.4 Å². The van der Waals surface area contributed by atoms with Crippen molar-refractivity contribution in [3.8, 4) is 0 Å². The van der Waals surface area contributed by atoms with Crippen LogP contribution in [0.4, 0.5) is 0 Å². The van der Waals surface area contributed by atoms with E-state index in [1.807, 2.05) is 11.8 Å². The van der Waals surface area contributed by atoms with Crippen LogP contribution in [0.2, 0.25) is 0 Å². The normalized spacial score (nSPS) is 24.5. The van der Waals surface area contributed by atoms with Crippen LogP contribution in [0, 0.1) is 0 Å². The van der Waals surface area contributed by atoms with E-state index in [9.17, 15) is 9.59 Å². The van der Waals surface area contributed by atoms with Crippen molar-refractivity contribution in [2.75, 3.05) is 26.2 Å². The minimum atomic E-state index is -0.873. The third kappa shape index (κ3) is 4.53. The Kier molecular flexibility index (Phi) is 7.03. The van der Waals surface area contributed by atoms with Gasteiger partial charge in [-0.1, -0.05) is 32.6 Å².